The topological polar surface area (TPSA) is 0 Å². The lowest BCUT2D eigenvalue weighted by atomic mass is 9.99. The van der Waals surface area contributed by atoms with Crippen LogP contribution in [0.2, 0.25) is 18.1 Å². The van der Waals surface area contributed by atoms with E-state index in [2.05, 4.69) is 94.5 Å². The summed E-state index contributed by atoms with van der Waals surface area (Å²) in [4.78, 5) is 0. The number of allylic oxidation sites excluding steroid dienone is 1. The highest BCUT2D eigenvalue weighted by atomic mass is 28.3. The monoisotopic (exact) mass is 305 g/mol. The van der Waals surface area contributed by atoms with E-state index >= 15 is 0 Å². The summed E-state index contributed by atoms with van der Waals surface area (Å²) in [5.74, 6) is 0. The minimum Gasteiger partial charge on any atom is -0.0680 e. The van der Waals surface area contributed by atoms with E-state index in [1.165, 1.54) is 22.3 Å². The quantitative estimate of drug-likeness (QED) is 0.588. The molecule has 1 radical (unpaired) electrons. The fraction of sp³-hybridized carbons (Fsp3) is 0.286. The number of rotatable bonds is 2. The van der Waals surface area contributed by atoms with Gasteiger partial charge in [0, 0.05) is 5.54 Å². The molecule has 0 aliphatic heterocycles. The Morgan fingerprint density at radius 1 is 0.727 bits per heavy atom. The van der Waals surface area contributed by atoms with Gasteiger partial charge in [-0.05, 0) is 27.3 Å². The Bertz CT molecular complexity index is 702. The number of benzene rings is 2. The fourth-order valence-electron chi connectivity index (χ4n) is 3.03. The Hall–Kier alpha value is -1.60. The molecule has 0 N–H and O–H groups in total. The van der Waals surface area contributed by atoms with Crippen LogP contribution in [0.4, 0.5) is 0 Å². The van der Waals surface area contributed by atoms with Crippen LogP contribution in [0, 0.1) is 5.54 Å². The van der Waals surface area contributed by atoms with E-state index in [-0.39, 0.29) is 0 Å². The molecule has 0 fully saturated rings. The van der Waals surface area contributed by atoms with Crippen LogP contribution in [-0.2, 0) is 0 Å². The summed E-state index contributed by atoms with van der Waals surface area (Å²) in [5, 5.41) is 0.345. The average molecular weight is 306 g/mol. The molecule has 1 aliphatic rings. The first-order chi connectivity index (χ1) is 10.3. The van der Waals surface area contributed by atoms with Gasteiger partial charge in [0.15, 0.2) is 0 Å². The van der Waals surface area contributed by atoms with Crippen molar-refractivity contribution in [1.29, 1.82) is 0 Å². The van der Waals surface area contributed by atoms with Gasteiger partial charge in [0.05, 0.1) is 8.07 Å². The maximum atomic E-state index is 2.50. The van der Waals surface area contributed by atoms with Gasteiger partial charge in [-0.1, -0.05) is 94.5 Å². The molecule has 1 heteroatoms. The lowest BCUT2D eigenvalue weighted by Gasteiger charge is -2.41. The van der Waals surface area contributed by atoms with Crippen LogP contribution < -0.4 is 0 Å². The summed E-state index contributed by atoms with van der Waals surface area (Å²) < 4.78 is 0. The molecule has 0 unspecified atom stereocenters. The Morgan fingerprint density at radius 3 is 1.86 bits per heavy atom. The Balaban J connectivity index is 2.16. The van der Waals surface area contributed by atoms with Crippen LogP contribution in [0.15, 0.2) is 60.7 Å². The van der Waals surface area contributed by atoms with Crippen molar-refractivity contribution in [3.05, 3.63) is 82.9 Å². The molecule has 0 saturated carbocycles. The van der Waals surface area contributed by atoms with E-state index < -0.39 is 8.07 Å². The van der Waals surface area contributed by atoms with Gasteiger partial charge < -0.3 is 0 Å². The van der Waals surface area contributed by atoms with Crippen LogP contribution in [-0.4, -0.2) is 8.07 Å². The molecule has 0 spiro atoms. The molecule has 0 saturated heterocycles. The van der Waals surface area contributed by atoms with Crippen LogP contribution in [0.25, 0.3) is 5.57 Å². The molecular weight excluding hydrogens is 280 g/mol. The summed E-state index contributed by atoms with van der Waals surface area (Å²) in [5.41, 5.74) is 7.15. The van der Waals surface area contributed by atoms with Gasteiger partial charge in [0.2, 0.25) is 0 Å². The standard InChI is InChI=1S/C21H25Si/c1-21(2,3)22(4,5)20-15-19(16-11-7-6-8-12-16)17-13-9-10-14-18(17)20/h6-15H,1-5H3. The van der Waals surface area contributed by atoms with E-state index in [4.69, 9.17) is 0 Å². The molecule has 0 bridgehead atoms. The van der Waals surface area contributed by atoms with Gasteiger partial charge in [-0.3, -0.25) is 0 Å². The third-order valence-electron chi connectivity index (χ3n) is 5.43. The van der Waals surface area contributed by atoms with Crippen molar-refractivity contribution in [1.82, 2.24) is 0 Å². The smallest absolute Gasteiger partial charge is 0.0680 e. The molecule has 22 heavy (non-hydrogen) atoms. The highest BCUT2D eigenvalue weighted by Crippen LogP contribution is 2.50. The molecule has 0 amide bonds. The van der Waals surface area contributed by atoms with E-state index in [9.17, 15) is 0 Å². The van der Waals surface area contributed by atoms with Gasteiger partial charge >= 0.3 is 0 Å². The summed E-state index contributed by atoms with van der Waals surface area (Å²) in [6, 6.07) is 19.7. The van der Waals surface area contributed by atoms with Crippen molar-refractivity contribution in [2.45, 2.75) is 38.9 Å². The molecule has 3 rings (SSSR count). The third kappa shape index (κ3) is 2.38. The predicted octanol–water partition coefficient (Wildman–Crippen LogP) is 6.10. The Labute approximate surface area is 135 Å². The zero-order valence-electron chi connectivity index (χ0n) is 14.3. The van der Waals surface area contributed by atoms with Crippen molar-refractivity contribution >= 4 is 13.6 Å². The molecular formula is C21H25Si. The van der Waals surface area contributed by atoms with Crippen molar-refractivity contribution in [3.63, 3.8) is 0 Å². The first-order valence-electron chi connectivity index (χ1n) is 8.07. The second kappa shape index (κ2) is 5.24. The van der Waals surface area contributed by atoms with Crippen LogP contribution in [0.3, 0.4) is 0 Å². The molecule has 2 aromatic carbocycles. The van der Waals surface area contributed by atoms with Crippen molar-refractivity contribution < 1.29 is 0 Å². The van der Waals surface area contributed by atoms with Crippen molar-refractivity contribution in [2.75, 3.05) is 0 Å². The Morgan fingerprint density at radius 2 is 1.27 bits per heavy atom. The van der Waals surface area contributed by atoms with Gasteiger partial charge in [0.1, 0.15) is 0 Å². The largest absolute Gasteiger partial charge is 0.0700 e. The predicted molar refractivity (Wildman–Crippen MR) is 99.5 cm³/mol. The molecule has 0 heterocycles. The highest BCUT2D eigenvalue weighted by molar-refractivity contribution is 6.87. The zero-order valence-corrected chi connectivity index (χ0v) is 15.3. The molecule has 0 atom stereocenters. The lowest BCUT2D eigenvalue weighted by Crippen LogP contribution is -2.43. The molecule has 0 nitrogen and oxygen atoms in total. The number of hydrogen-bond acceptors (Lipinski definition) is 0. The van der Waals surface area contributed by atoms with Gasteiger partial charge in [-0.25, -0.2) is 0 Å². The van der Waals surface area contributed by atoms with Crippen LogP contribution in [0.1, 0.15) is 37.5 Å². The fourth-order valence-corrected chi connectivity index (χ4v) is 5.23. The number of fused-ring (bicyclic) bond motifs is 1. The van der Waals surface area contributed by atoms with Crippen molar-refractivity contribution in [3.8, 4) is 0 Å². The van der Waals surface area contributed by atoms with Crippen LogP contribution >= 0.6 is 0 Å². The van der Waals surface area contributed by atoms with Crippen molar-refractivity contribution in [2.24, 2.45) is 0 Å². The van der Waals surface area contributed by atoms with Gasteiger partial charge in [-0.2, -0.15) is 0 Å². The minimum atomic E-state index is -1.56. The second-order valence-corrected chi connectivity index (χ2v) is 13.0. The number of hydrogen-bond donors (Lipinski definition) is 0. The van der Waals surface area contributed by atoms with Gasteiger partial charge in [-0.15, -0.1) is 0 Å². The van der Waals surface area contributed by atoms with E-state index in [1.807, 2.05) is 0 Å². The van der Waals surface area contributed by atoms with E-state index in [0.29, 0.717) is 5.04 Å². The van der Waals surface area contributed by atoms with Crippen LogP contribution in [0.5, 0.6) is 0 Å². The lowest BCUT2D eigenvalue weighted by molar-refractivity contribution is 0.721. The first kappa shape index (κ1) is 15.3. The first-order valence-corrected chi connectivity index (χ1v) is 11.1. The molecule has 0 aromatic heterocycles. The molecule has 1 aliphatic carbocycles. The zero-order chi connectivity index (χ0) is 16.0. The minimum absolute atomic E-state index is 0.345. The SMILES string of the molecule is CC(C)(C)[Si](C)(C)[C]1C=C(c2ccccc2)c2ccccc21. The second-order valence-electron chi connectivity index (χ2n) is 7.76. The normalized spacial score (nSPS) is 15.6. The highest BCUT2D eigenvalue weighted by Gasteiger charge is 2.45. The maximum Gasteiger partial charge on any atom is 0.0700 e. The summed E-state index contributed by atoms with van der Waals surface area (Å²) in [6.07, 6.45) is 2.47. The summed E-state index contributed by atoms with van der Waals surface area (Å²) in [7, 11) is -1.56. The Kier molecular flexibility index (Phi) is 3.64. The van der Waals surface area contributed by atoms with Gasteiger partial charge in [0.25, 0.3) is 0 Å². The summed E-state index contributed by atoms with van der Waals surface area (Å²) in [6.45, 7) is 12.2. The third-order valence-corrected chi connectivity index (χ3v) is 10.9. The van der Waals surface area contributed by atoms with E-state index in [1.54, 1.807) is 5.54 Å². The summed E-state index contributed by atoms with van der Waals surface area (Å²) >= 11 is 0. The average Bonchev–Trinajstić information content (AvgIpc) is 2.87. The van der Waals surface area contributed by atoms with E-state index in [0.717, 1.165) is 0 Å². The molecule has 113 valence electrons. The maximum absolute atomic E-state index is 2.50. The molecule has 2 aromatic rings.